The van der Waals surface area contributed by atoms with Gasteiger partial charge in [-0.1, -0.05) is 33.8 Å². The maximum absolute atomic E-state index is 3.77. The molecule has 0 atom stereocenters. The molecule has 1 nitrogen and oxygen atoms in total. The molecule has 0 saturated carbocycles. The summed E-state index contributed by atoms with van der Waals surface area (Å²) in [6.45, 7) is 14.3. The van der Waals surface area contributed by atoms with Crippen molar-refractivity contribution in [2.75, 3.05) is 13.6 Å². The maximum Gasteiger partial charge on any atom is -0.0000286 e. The SMILES string of the molecule is C=CCCCC(C)(C)CC(C)(C)CNC. The van der Waals surface area contributed by atoms with Crippen molar-refractivity contribution in [1.82, 2.24) is 5.32 Å². The Morgan fingerprint density at radius 2 is 1.73 bits per heavy atom. The first-order valence-electron chi connectivity index (χ1n) is 6.08. The summed E-state index contributed by atoms with van der Waals surface area (Å²) in [6, 6.07) is 0. The van der Waals surface area contributed by atoms with E-state index in [9.17, 15) is 0 Å². The summed E-state index contributed by atoms with van der Waals surface area (Å²) in [5.41, 5.74) is 0.843. The lowest BCUT2D eigenvalue weighted by Crippen LogP contribution is -2.31. The molecule has 0 amide bonds. The summed E-state index contributed by atoms with van der Waals surface area (Å²) >= 11 is 0. The first-order chi connectivity index (χ1) is 6.83. The highest BCUT2D eigenvalue weighted by Gasteiger charge is 2.27. The topological polar surface area (TPSA) is 12.0 Å². The van der Waals surface area contributed by atoms with Crippen LogP contribution in [0.15, 0.2) is 12.7 Å². The fraction of sp³-hybridized carbons (Fsp3) is 0.857. The van der Waals surface area contributed by atoms with Crippen molar-refractivity contribution in [3.05, 3.63) is 12.7 Å². The first-order valence-corrected chi connectivity index (χ1v) is 6.08. The number of unbranched alkanes of at least 4 members (excludes halogenated alkanes) is 1. The summed E-state index contributed by atoms with van der Waals surface area (Å²) in [5.74, 6) is 0. The van der Waals surface area contributed by atoms with Gasteiger partial charge in [-0.3, -0.25) is 0 Å². The number of nitrogens with one attached hydrogen (secondary N) is 1. The van der Waals surface area contributed by atoms with Crippen LogP contribution >= 0.6 is 0 Å². The van der Waals surface area contributed by atoms with Crippen LogP contribution in [-0.2, 0) is 0 Å². The molecule has 0 radical (unpaired) electrons. The smallest absolute Gasteiger partial charge is 0.0000286 e. The molecular formula is C14H29N. The second-order valence-electron chi connectivity index (χ2n) is 6.22. The Kier molecular flexibility index (Phi) is 6.19. The molecule has 0 unspecified atom stereocenters. The summed E-state index contributed by atoms with van der Waals surface area (Å²) < 4.78 is 0. The third kappa shape index (κ3) is 7.61. The van der Waals surface area contributed by atoms with Crippen molar-refractivity contribution in [3.8, 4) is 0 Å². The Bertz CT molecular complexity index is 180. The van der Waals surface area contributed by atoms with E-state index in [0.29, 0.717) is 10.8 Å². The monoisotopic (exact) mass is 211 g/mol. The molecule has 1 heteroatoms. The van der Waals surface area contributed by atoms with Gasteiger partial charge in [0.05, 0.1) is 0 Å². The van der Waals surface area contributed by atoms with Crippen LogP contribution in [0.3, 0.4) is 0 Å². The molecule has 0 fully saturated rings. The van der Waals surface area contributed by atoms with E-state index in [1.807, 2.05) is 13.1 Å². The quantitative estimate of drug-likeness (QED) is 0.472. The lowest BCUT2D eigenvalue weighted by Gasteiger charge is -2.35. The highest BCUT2D eigenvalue weighted by Crippen LogP contribution is 2.36. The van der Waals surface area contributed by atoms with E-state index in [-0.39, 0.29) is 0 Å². The Labute approximate surface area is 96.3 Å². The van der Waals surface area contributed by atoms with E-state index < -0.39 is 0 Å². The molecule has 0 aliphatic carbocycles. The number of hydrogen-bond donors (Lipinski definition) is 1. The van der Waals surface area contributed by atoms with Crippen LogP contribution in [0.5, 0.6) is 0 Å². The van der Waals surface area contributed by atoms with Crippen LogP contribution in [0, 0.1) is 10.8 Å². The Morgan fingerprint density at radius 3 is 2.20 bits per heavy atom. The van der Waals surface area contributed by atoms with Gasteiger partial charge in [-0.05, 0) is 50.1 Å². The molecule has 0 aromatic heterocycles. The zero-order valence-electron chi connectivity index (χ0n) is 11.3. The van der Waals surface area contributed by atoms with E-state index in [2.05, 4.69) is 39.6 Å². The second kappa shape index (κ2) is 6.32. The van der Waals surface area contributed by atoms with Gasteiger partial charge in [0.2, 0.25) is 0 Å². The fourth-order valence-electron chi connectivity index (χ4n) is 2.65. The summed E-state index contributed by atoms with van der Waals surface area (Å²) in [6.07, 6.45) is 7.01. The first kappa shape index (κ1) is 14.7. The third-order valence-corrected chi connectivity index (χ3v) is 2.87. The van der Waals surface area contributed by atoms with Gasteiger partial charge in [-0.2, -0.15) is 0 Å². The maximum atomic E-state index is 3.77. The largest absolute Gasteiger partial charge is 0.319 e. The van der Waals surface area contributed by atoms with Gasteiger partial charge in [0.1, 0.15) is 0 Å². The minimum absolute atomic E-state index is 0.395. The minimum atomic E-state index is 0.395. The lowest BCUT2D eigenvalue weighted by atomic mass is 9.72. The summed E-state index contributed by atoms with van der Waals surface area (Å²) in [7, 11) is 2.03. The van der Waals surface area contributed by atoms with Gasteiger partial charge in [-0.25, -0.2) is 0 Å². The van der Waals surface area contributed by atoms with Crippen LogP contribution in [0.1, 0.15) is 53.4 Å². The van der Waals surface area contributed by atoms with Crippen molar-refractivity contribution in [3.63, 3.8) is 0 Å². The van der Waals surface area contributed by atoms with Crippen LogP contribution in [0.25, 0.3) is 0 Å². The number of rotatable bonds is 8. The van der Waals surface area contributed by atoms with Crippen molar-refractivity contribution in [2.24, 2.45) is 10.8 Å². The van der Waals surface area contributed by atoms with Crippen LogP contribution in [0.2, 0.25) is 0 Å². The molecule has 0 aromatic rings. The molecule has 1 N–H and O–H groups in total. The average molecular weight is 211 g/mol. The van der Waals surface area contributed by atoms with Gasteiger partial charge in [0, 0.05) is 0 Å². The number of hydrogen-bond acceptors (Lipinski definition) is 1. The van der Waals surface area contributed by atoms with E-state index in [1.54, 1.807) is 0 Å². The average Bonchev–Trinajstić information content (AvgIpc) is 2.01. The molecule has 90 valence electrons. The molecule has 0 heterocycles. The van der Waals surface area contributed by atoms with Crippen molar-refractivity contribution < 1.29 is 0 Å². The standard InChI is InChI=1S/C14H29N/c1-7-8-9-10-13(2,3)11-14(4,5)12-15-6/h7,15H,1,8-12H2,2-6H3. The van der Waals surface area contributed by atoms with Gasteiger partial charge in [0.15, 0.2) is 0 Å². The highest BCUT2D eigenvalue weighted by molar-refractivity contribution is 4.81. The van der Waals surface area contributed by atoms with Gasteiger partial charge >= 0.3 is 0 Å². The van der Waals surface area contributed by atoms with Gasteiger partial charge in [0.25, 0.3) is 0 Å². The summed E-state index contributed by atoms with van der Waals surface area (Å²) in [5, 5.41) is 3.28. The van der Waals surface area contributed by atoms with Crippen molar-refractivity contribution >= 4 is 0 Å². The predicted octanol–water partition coefficient (Wildman–Crippen LogP) is 4.00. The molecule has 0 aromatic carbocycles. The molecule has 15 heavy (non-hydrogen) atoms. The van der Waals surface area contributed by atoms with E-state index in [0.717, 1.165) is 13.0 Å². The molecular weight excluding hydrogens is 182 g/mol. The van der Waals surface area contributed by atoms with E-state index in [1.165, 1.54) is 19.3 Å². The second-order valence-corrected chi connectivity index (χ2v) is 6.22. The summed E-state index contributed by atoms with van der Waals surface area (Å²) in [4.78, 5) is 0. The molecule has 0 aliphatic heterocycles. The third-order valence-electron chi connectivity index (χ3n) is 2.87. The fourth-order valence-corrected chi connectivity index (χ4v) is 2.65. The predicted molar refractivity (Wildman–Crippen MR) is 70.2 cm³/mol. The Morgan fingerprint density at radius 1 is 1.13 bits per heavy atom. The Balaban J connectivity index is 4.04. The molecule has 0 spiro atoms. The zero-order chi connectivity index (χ0) is 11.9. The van der Waals surface area contributed by atoms with Gasteiger partial charge in [-0.15, -0.1) is 6.58 Å². The van der Waals surface area contributed by atoms with Crippen LogP contribution < -0.4 is 5.32 Å². The van der Waals surface area contributed by atoms with Crippen LogP contribution in [-0.4, -0.2) is 13.6 Å². The number of allylic oxidation sites excluding steroid dienone is 1. The minimum Gasteiger partial charge on any atom is -0.319 e. The zero-order valence-corrected chi connectivity index (χ0v) is 11.3. The van der Waals surface area contributed by atoms with Crippen molar-refractivity contribution in [2.45, 2.75) is 53.4 Å². The van der Waals surface area contributed by atoms with Crippen LogP contribution in [0.4, 0.5) is 0 Å². The highest BCUT2D eigenvalue weighted by atomic mass is 14.8. The van der Waals surface area contributed by atoms with Gasteiger partial charge < -0.3 is 5.32 Å². The molecule has 0 rings (SSSR count). The molecule has 0 aliphatic rings. The van der Waals surface area contributed by atoms with E-state index in [4.69, 9.17) is 0 Å². The van der Waals surface area contributed by atoms with Crippen molar-refractivity contribution in [1.29, 1.82) is 0 Å². The Hall–Kier alpha value is -0.300. The normalized spacial score (nSPS) is 12.9. The molecule has 0 bridgehead atoms. The molecule has 0 saturated heterocycles. The lowest BCUT2D eigenvalue weighted by molar-refractivity contribution is 0.178. The van der Waals surface area contributed by atoms with E-state index >= 15 is 0 Å².